The second-order valence-electron chi connectivity index (χ2n) is 5.27. The molecule has 0 saturated carbocycles. The minimum atomic E-state index is -0.0413. The number of rotatable bonds is 3. The highest BCUT2D eigenvalue weighted by Crippen LogP contribution is 2.21. The number of aromatic amines is 1. The van der Waals surface area contributed by atoms with E-state index in [1.807, 2.05) is 22.9 Å². The van der Waals surface area contributed by atoms with Crippen molar-refractivity contribution in [3.63, 3.8) is 0 Å². The minimum absolute atomic E-state index is 0.00331. The van der Waals surface area contributed by atoms with Gasteiger partial charge in [0, 0.05) is 17.2 Å². The van der Waals surface area contributed by atoms with Crippen LogP contribution in [-0.2, 0) is 16.6 Å². The summed E-state index contributed by atoms with van der Waals surface area (Å²) in [6.45, 7) is 6.28. The van der Waals surface area contributed by atoms with Gasteiger partial charge in [0.05, 0.1) is 6.42 Å². The molecule has 1 amide bonds. The summed E-state index contributed by atoms with van der Waals surface area (Å²) in [5.74, 6) is 0.542. The number of carbonyl (C=O) groups is 1. The van der Waals surface area contributed by atoms with Gasteiger partial charge in [0.15, 0.2) is 5.82 Å². The first kappa shape index (κ1) is 12.8. The third-order valence-corrected chi connectivity index (χ3v) is 3.33. The van der Waals surface area contributed by atoms with Crippen LogP contribution >= 0.6 is 11.3 Å². The normalized spacial score (nSPS) is 11.5. The zero-order valence-electron chi connectivity index (χ0n) is 10.8. The minimum Gasteiger partial charge on any atom is -0.309 e. The molecule has 0 atom stereocenters. The third kappa shape index (κ3) is 3.20. The Morgan fingerprint density at radius 3 is 2.83 bits per heavy atom. The summed E-state index contributed by atoms with van der Waals surface area (Å²) in [5.41, 5.74) is 2.04. The molecule has 0 unspecified atom stereocenters. The van der Waals surface area contributed by atoms with E-state index in [1.54, 1.807) is 11.3 Å². The van der Waals surface area contributed by atoms with Crippen molar-refractivity contribution >= 4 is 23.1 Å². The lowest BCUT2D eigenvalue weighted by molar-refractivity contribution is -0.115. The first-order valence-corrected chi connectivity index (χ1v) is 6.76. The van der Waals surface area contributed by atoms with Crippen molar-refractivity contribution in [3.05, 3.63) is 34.2 Å². The van der Waals surface area contributed by atoms with Crippen LogP contribution in [0.3, 0.4) is 0 Å². The molecule has 2 aromatic rings. The second kappa shape index (κ2) is 4.94. The Hall–Kier alpha value is -1.62. The molecule has 0 fully saturated rings. The van der Waals surface area contributed by atoms with Crippen LogP contribution in [0, 0.1) is 0 Å². The van der Waals surface area contributed by atoms with E-state index >= 15 is 0 Å². The van der Waals surface area contributed by atoms with E-state index in [0.717, 1.165) is 11.3 Å². The van der Waals surface area contributed by atoms with Gasteiger partial charge in [-0.25, -0.2) is 0 Å². The first-order valence-electron chi connectivity index (χ1n) is 5.82. The monoisotopic (exact) mass is 263 g/mol. The quantitative estimate of drug-likeness (QED) is 0.894. The Bertz CT molecular complexity index is 523. The molecule has 0 radical (unpaired) electrons. The number of nitrogens with one attached hydrogen (secondary N) is 2. The van der Waals surface area contributed by atoms with Crippen LogP contribution in [0.1, 0.15) is 32.0 Å². The molecule has 4 nitrogen and oxygen atoms in total. The average Bonchev–Trinajstić information content (AvgIpc) is 2.87. The van der Waals surface area contributed by atoms with E-state index < -0.39 is 0 Å². The molecule has 0 aliphatic heterocycles. The van der Waals surface area contributed by atoms with Gasteiger partial charge in [0.2, 0.25) is 5.91 Å². The molecule has 2 rings (SSSR count). The van der Waals surface area contributed by atoms with E-state index in [0.29, 0.717) is 12.2 Å². The Labute approximate surface area is 110 Å². The number of amides is 1. The Balaban J connectivity index is 1.97. The Morgan fingerprint density at radius 1 is 1.50 bits per heavy atom. The first-order chi connectivity index (χ1) is 8.45. The van der Waals surface area contributed by atoms with Crippen LogP contribution < -0.4 is 5.32 Å². The highest BCUT2D eigenvalue weighted by molar-refractivity contribution is 7.08. The van der Waals surface area contributed by atoms with Crippen LogP contribution in [0.25, 0.3) is 0 Å². The van der Waals surface area contributed by atoms with Crippen molar-refractivity contribution in [2.75, 3.05) is 5.32 Å². The van der Waals surface area contributed by atoms with Crippen molar-refractivity contribution in [2.45, 2.75) is 32.6 Å². The number of H-pyrrole nitrogens is 1. The molecule has 0 bridgehead atoms. The predicted octanol–water partition coefficient (Wildman–Crippen LogP) is 2.95. The molecule has 2 aromatic heterocycles. The van der Waals surface area contributed by atoms with Gasteiger partial charge in [-0.1, -0.05) is 20.8 Å². The van der Waals surface area contributed by atoms with Crippen molar-refractivity contribution < 1.29 is 4.79 Å². The van der Waals surface area contributed by atoms with Crippen molar-refractivity contribution in [3.8, 4) is 0 Å². The number of thiophene rings is 1. The van der Waals surface area contributed by atoms with Gasteiger partial charge in [-0.05, 0) is 22.4 Å². The van der Waals surface area contributed by atoms with E-state index in [2.05, 4.69) is 36.3 Å². The molecular weight excluding hydrogens is 246 g/mol. The van der Waals surface area contributed by atoms with E-state index in [9.17, 15) is 4.79 Å². The fourth-order valence-corrected chi connectivity index (χ4v) is 2.20. The predicted molar refractivity (Wildman–Crippen MR) is 73.9 cm³/mol. The van der Waals surface area contributed by atoms with Crippen molar-refractivity contribution in [1.29, 1.82) is 0 Å². The summed E-state index contributed by atoms with van der Waals surface area (Å²) in [5, 5.41) is 13.8. The van der Waals surface area contributed by atoms with Gasteiger partial charge in [0.1, 0.15) is 0 Å². The number of anilines is 1. The van der Waals surface area contributed by atoms with Gasteiger partial charge in [-0.2, -0.15) is 16.4 Å². The molecule has 0 aliphatic carbocycles. The van der Waals surface area contributed by atoms with Crippen LogP contribution in [0.15, 0.2) is 22.9 Å². The largest absolute Gasteiger partial charge is 0.309 e. The third-order valence-electron chi connectivity index (χ3n) is 2.60. The number of nitrogens with zero attached hydrogens (tertiary/aromatic N) is 1. The SMILES string of the molecule is CC(C)(C)c1cc(NC(=O)Cc2ccsc2)n[nH]1. The molecule has 18 heavy (non-hydrogen) atoms. The van der Waals surface area contributed by atoms with E-state index in [4.69, 9.17) is 0 Å². The molecule has 0 aliphatic rings. The number of hydrogen-bond donors (Lipinski definition) is 2. The number of hydrogen-bond acceptors (Lipinski definition) is 3. The summed E-state index contributed by atoms with van der Waals surface area (Å²) in [4.78, 5) is 11.8. The van der Waals surface area contributed by atoms with Crippen LogP contribution in [-0.4, -0.2) is 16.1 Å². The highest BCUT2D eigenvalue weighted by atomic mass is 32.1. The standard InChI is InChI=1S/C13H17N3OS/c1-13(2,3)10-7-11(16-15-10)14-12(17)6-9-4-5-18-8-9/h4-5,7-8H,6H2,1-3H3,(H2,14,15,16,17). The number of carbonyl (C=O) groups excluding carboxylic acids is 1. The highest BCUT2D eigenvalue weighted by Gasteiger charge is 2.17. The summed E-state index contributed by atoms with van der Waals surface area (Å²) in [6.07, 6.45) is 0.390. The second-order valence-corrected chi connectivity index (χ2v) is 6.05. The van der Waals surface area contributed by atoms with Crippen LogP contribution in [0.5, 0.6) is 0 Å². The maximum atomic E-state index is 11.8. The fraction of sp³-hybridized carbons (Fsp3) is 0.385. The lowest BCUT2D eigenvalue weighted by Crippen LogP contribution is -2.14. The summed E-state index contributed by atoms with van der Waals surface area (Å²) in [6, 6.07) is 3.83. The maximum Gasteiger partial charge on any atom is 0.230 e. The average molecular weight is 263 g/mol. The molecule has 0 spiro atoms. The topological polar surface area (TPSA) is 57.8 Å². The summed E-state index contributed by atoms with van der Waals surface area (Å²) in [7, 11) is 0. The Morgan fingerprint density at radius 2 is 2.28 bits per heavy atom. The molecular formula is C13H17N3OS. The van der Waals surface area contributed by atoms with Crippen molar-refractivity contribution in [2.24, 2.45) is 0 Å². The zero-order valence-corrected chi connectivity index (χ0v) is 11.6. The Kier molecular flexibility index (Phi) is 3.52. The maximum absolute atomic E-state index is 11.8. The van der Waals surface area contributed by atoms with Crippen LogP contribution in [0.4, 0.5) is 5.82 Å². The van der Waals surface area contributed by atoms with E-state index in [1.165, 1.54) is 0 Å². The lowest BCUT2D eigenvalue weighted by atomic mass is 9.92. The zero-order chi connectivity index (χ0) is 13.2. The molecule has 96 valence electrons. The lowest BCUT2D eigenvalue weighted by Gasteiger charge is -2.14. The molecule has 2 N–H and O–H groups in total. The van der Waals surface area contributed by atoms with E-state index in [-0.39, 0.29) is 11.3 Å². The molecule has 0 aromatic carbocycles. The summed E-state index contributed by atoms with van der Waals surface area (Å²) < 4.78 is 0. The van der Waals surface area contributed by atoms with Crippen LogP contribution in [0.2, 0.25) is 0 Å². The van der Waals surface area contributed by atoms with Gasteiger partial charge >= 0.3 is 0 Å². The molecule has 5 heteroatoms. The van der Waals surface area contributed by atoms with Gasteiger partial charge in [-0.15, -0.1) is 0 Å². The molecule has 2 heterocycles. The fourth-order valence-electron chi connectivity index (χ4n) is 1.54. The van der Waals surface area contributed by atoms with Crippen molar-refractivity contribution in [1.82, 2.24) is 10.2 Å². The molecule has 0 saturated heterocycles. The number of aromatic nitrogens is 2. The van der Waals surface area contributed by atoms with Gasteiger partial charge < -0.3 is 5.32 Å². The van der Waals surface area contributed by atoms with Gasteiger partial charge in [-0.3, -0.25) is 9.89 Å². The van der Waals surface area contributed by atoms with Gasteiger partial charge in [0.25, 0.3) is 0 Å². The smallest absolute Gasteiger partial charge is 0.230 e. The summed E-state index contributed by atoms with van der Waals surface area (Å²) >= 11 is 1.59.